The number of hydrogen-bond acceptors (Lipinski definition) is 2. The van der Waals surface area contributed by atoms with Crippen molar-refractivity contribution in [1.29, 1.82) is 0 Å². The van der Waals surface area contributed by atoms with E-state index in [1.54, 1.807) is 0 Å². The second kappa shape index (κ2) is 4.24. The lowest BCUT2D eigenvalue weighted by atomic mass is 10.0. The molecule has 1 amide bonds. The smallest absolute Gasteiger partial charge is 0.229 e. The second-order valence-electron chi connectivity index (χ2n) is 7.26. The van der Waals surface area contributed by atoms with Gasteiger partial charge in [-0.1, -0.05) is 45.9 Å². The Morgan fingerprint density at radius 1 is 1.25 bits per heavy atom. The first-order valence-corrected chi connectivity index (χ1v) is 7.46. The molecule has 1 heterocycles. The van der Waals surface area contributed by atoms with Crippen molar-refractivity contribution in [3.05, 3.63) is 29.8 Å². The van der Waals surface area contributed by atoms with Gasteiger partial charge in [-0.2, -0.15) is 0 Å². The molecule has 108 valence electrons. The summed E-state index contributed by atoms with van der Waals surface area (Å²) in [4.78, 5) is 12.4. The third-order valence-corrected chi connectivity index (χ3v) is 5.95. The predicted octanol–water partition coefficient (Wildman–Crippen LogP) is 2.99. The predicted molar refractivity (Wildman–Crippen MR) is 81.7 cm³/mol. The molecule has 1 aliphatic heterocycles. The minimum absolute atomic E-state index is 0.0452. The van der Waals surface area contributed by atoms with Crippen molar-refractivity contribution in [3.63, 3.8) is 0 Å². The summed E-state index contributed by atoms with van der Waals surface area (Å²) in [7, 11) is 0. The lowest BCUT2D eigenvalue weighted by molar-refractivity contribution is -0.122. The lowest BCUT2D eigenvalue weighted by Crippen LogP contribution is -2.32. The minimum atomic E-state index is -0.0452. The molecule has 1 aromatic carbocycles. The van der Waals surface area contributed by atoms with Crippen LogP contribution in [0.2, 0.25) is 0 Å². The Bertz CT molecular complexity index is 534. The van der Waals surface area contributed by atoms with Gasteiger partial charge in [0.05, 0.1) is 5.92 Å². The Kier molecular flexibility index (Phi) is 2.86. The Morgan fingerprint density at radius 2 is 1.90 bits per heavy atom. The second-order valence-corrected chi connectivity index (χ2v) is 7.26. The van der Waals surface area contributed by atoms with Crippen LogP contribution in [0.4, 0.5) is 5.69 Å². The van der Waals surface area contributed by atoms with Gasteiger partial charge in [-0.05, 0) is 28.4 Å². The number of para-hydroxylation sites is 1. The lowest BCUT2D eigenvalue weighted by Gasteiger charge is -2.12. The summed E-state index contributed by atoms with van der Waals surface area (Å²) in [5.74, 6) is 0.681. The van der Waals surface area contributed by atoms with Crippen LogP contribution in [0.5, 0.6) is 0 Å². The zero-order chi connectivity index (χ0) is 14.5. The van der Waals surface area contributed by atoms with Crippen molar-refractivity contribution >= 4 is 11.6 Å². The number of carbonyl (C=O) groups excluding carboxylic acids is 1. The van der Waals surface area contributed by atoms with Crippen LogP contribution in [0.15, 0.2) is 24.3 Å². The highest BCUT2D eigenvalue weighted by Crippen LogP contribution is 2.67. The summed E-state index contributed by atoms with van der Waals surface area (Å²) < 4.78 is 0. The summed E-state index contributed by atoms with van der Waals surface area (Å²) in [5.41, 5.74) is 2.87. The average molecular weight is 272 g/mol. The fraction of sp³-hybridized carbons (Fsp3) is 0.588. The van der Waals surface area contributed by atoms with E-state index in [0.29, 0.717) is 23.3 Å². The van der Waals surface area contributed by atoms with E-state index in [-0.39, 0.29) is 11.8 Å². The summed E-state index contributed by atoms with van der Waals surface area (Å²) in [6.07, 6.45) is 0. The summed E-state index contributed by atoms with van der Waals surface area (Å²) >= 11 is 0. The molecule has 1 unspecified atom stereocenters. The molecule has 1 fully saturated rings. The van der Waals surface area contributed by atoms with Crippen molar-refractivity contribution in [2.24, 2.45) is 16.7 Å². The molecular weight excluding hydrogens is 248 g/mol. The van der Waals surface area contributed by atoms with Crippen molar-refractivity contribution < 1.29 is 4.79 Å². The number of hydrogen-bond donors (Lipinski definition) is 2. The van der Waals surface area contributed by atoms with Gasteiger partial charge in [-0.3, -0.25) is 4.79 Å². The van der Waals surface area contributed by atoms with Crippen molar-refractivity contribution in [1.82, 2.24) is 5.32 Å². The first-order valence-electron chi connectivity index (χ1n) is 7.46. The van der Waals surface area contributed by atoms with Gasteiger partial charge in [-0.15, -0.1) is 0 Å². The van der Waals surface area contributed by atoms with Crippen molar-refractivity contribution in [2.75, 3.05) is 18.4 Å². The average Bonchev–Trinajstić information content (AvgIpc) is 2.74. The molecule has 1 saturated carbocycles. The minimum Gasteiger partial charge on any atom is -0.384 e. The van der Waals surface area contributed by atoms with E-state index in [2.05, 4.69) is 38.3 Å². The van der Waals surface area contributed by atoms with E-state index in [1.165, 1.54) is 0 Å². The van der Waals surface area contributed by atoms with Gasteiger partial charge in [0, 0.05) is 18.8 Å². The van der Waals surface area contributed by atoms with Gasteiger partial charge in [0.1, 0.15) is 0 Å². The fourth-order valence-corrected chi connectivity index (χ4v) is 3.69. The maximum Gasteiger partial charge on any atom is 0.229 e. The fourth-order valence-electron chi connectivity index (χ4n) is 3.69. The Labute approximate surface area is 121 Å². The normalized spacial score (nSPS) is 25.7. The maximum atomic E-state index is 12.4. The zero-order valence-electron chi connectivity index (χ0n) is 12.8. The highest BCUT2D eigenvalue weighted by Gasteiger charge is 2.64. The first-order chi connectivity index (χ1) is 9.35. The molecule has 1 atom stereocenters. The molecule has 3 rings (SSSR count). The molecule has 0 aromatic heterocycles. The number of amides is 1. The van der Waals surface area contributed by atoms with Gasteiger partial charge < -0.3 is 10.6 Å². The summed E-state index contributed by atoms with van der Waals surface area (Å²) in [5, 5.41) is 6.47. The molecule has 0 radical (unpaired) electrons. The maximum absolute atomic E-state index is 12.4. The van der Waals surface area contributed by atoms with Crippen LogP contribution >= 0.6 is 0 Å². The van der Waals surface area contributed by atoms with Crippen molar-refractivity contribution in [3.8, 4) is 0 Å². The SMILES string of the molecule is CC1(C)C(CNC(=O)C2CNc3ccccc32)C1(C)C. The highest BCUT2D eigenvalue weighted by molar-refractivity contribution is 5.88. The first kappa shape index (κ1) is 13.5. The molecule has 0 saturated heterocycles. The van der Waals surface area contributed by atoms with Crippen molar-refractivity contribution in [2.45, 2.75) is 33.6 Å². The molecule has 1 aliphatic carbocycles. The monoisotopic (exact) mass is 272 g/mol. The van der Waals surface area contributed by atoms with Crippen LogP contribution < -0.4 is 10.6 Å². The van der Waals surface area contributed by atoms with Gasteiger partial charge in [0.2, 0.25) is 5.91 Å². The van der Waals surface area contributed by atoms with Crippen LogP contribution in [0, 0.1) is 16.7 Å². The summed E-state index contributed by atoms with van der Waals surface area (Å²) in [6.45, 7) is 10.7. The number of nitrogens with one attached hydrogen (secondary N) is 2. The quantitative estimate of drug-likeness (QED) is 0.888. The molecule has 2 N–H and O–H groups in total. The van der Waals surface area contributed by atoms with Crippen LogP contribution in [0.3, 0.4) is 0 Å². The highest BCUT2D eigenvalue weighted by atomic mass is 16.1. The number of carbonyl (C=O) groups is 1. The van der Waals surface area contributed by atoms with Gasteiger partial charge in [0.15, 0.2) is 0 Å². The zero-order valence-corrected chi connectivity index (χ0v) is 12.8. The standard InChI is InChI=1S/C17H24N2O/c1-16(2)14(17(16,3)4)10-19-15(20)12-9-18-13-8-6-5-7-11(12)13/h5-8,12,14,18H,9-10H2,1-4H3,(H,19,20). The van der Waals surface area contributed by atoms with E-state index in [9.17, 15) is 4.79 Å². The molecular formula is C17H24N2O. The van der Waals surface area contributed by atoms with Crippen LogP contribution in [-0.4, -0.2) is 19.0 Å². The third kappa shape index (κ3) is 1.83. The largest absolute Gasteiger partial charge is 0.384 e. The van der Waals surface area contributed by atoms with Gasteiger partial charge >= 0.3 is 0 Å². The third-order valence-electron chi connectivity index (χ3n) is 5.95. The molecule has 0 bridgehead atoms. The Morgan fingerprint density at radius 3 is 2.55 bits per heavy atom. The van der Waals surface area contributed by atoms with Gasteiger partial charge in [0.25, 0.3) is 0 Å². The number of anilines is 1. The molecule has 2 aliphatic rings. The molecule has 3 nitrogen and oxygen atoms in total. The molecule has 1 aromatic rings. The van der Waals surface area contributed by atoms with Crippen LogP contribution in [-0.2, 0) is 4.79 Å². The van der Waals surface area contributed by atoms with E-state index in [0.717, 1.165) is 17.8 Å². The summed E-state index contributed by atoms with van der Waals surface area (Å²) in [6, 6.07) is 8.08. The number of fused-ring (bicyclic) bond motifs is 1. The van der Waals surface area contributed by atoms with Crippen LogP contribution in [0.25, 0.3) is 0 Å². The number of benzene rings is 1. The van der Waals surface area contributed by atoms with E-state index in [4.69, 9.17) is 0 Å². The molecule has 3 heteroatoms. The Balaban J connectivity index is 1.62. The topological polar surface area (TPSA) is 41.1 Å². The number of rotatable bonds is 3. The Hall–Kier alpha value is -1.51. The van der Waals surface area contributed by atoms with E-state index in [1.807, 2.05) is 24.3 Å². The van der Waals surface area contributed by atoms with E-state index < -0.39 is 0 Å². The van der Waals surface area contributed by atoms with Gasteiger partial charge in [-0.25, -0.2) is 0 Å². The van der Waals surface area contributed by atoms with Crippen LogP contribution in [0.1, 0.15) is 39.2 Å². The molecule has 0 spiro atoms. The van der Waals surface area contributed by atoms with E-state index >= 15 is 0 Å². The molecule has 20 heavy (non-hydrogen) atoms.